The number of nitrogen functional groups attached to an aromatic ring is 1. The van der Waals surface area contributed by atoms with Gasteiger partial charge in [0.25, 0.3) is 0 Å². The Bertz CT molecular complexity index is 418. The van der Waals surface area contributed by atoms with Crippen LogP contribution in [0.25, 0.3) is 0 Å². The zero-order valence-electron chi connectivity index (χ0n) is 11.0. The molecule has 1 amide bonds. The van der Waals surface area contributed by atoms with Gasteiger partial charge in [-0.2, -0.15) is 0 Å². The second kappa shape index (κ2) is 5.69. The van der Waals surface area contributed by atoms with Gasteiger partial charge in [-0.3, -0.25) is 4.79 Å². The second-order valence-electron chi connectivity index (χ2n) is 5.13. The van der Waals surface area contributed by atoms with E-state index in [2.05, 4.69) is 24.1 Å². The first kappa shape index (κ1) is 13.3. The van der Waals surface area contributed by atoms with Crippen molar-refractivity contribution in [3.8, 4) is 0 Å². The maximum atomic E-state index is 11.9. The van der Waals surface area contributed by atoms with Gasteiger partial charge in [-0.15, -0.1) is 11.3 Å². The number of nitrogens with one attached hydrogen (secondary N) is 1. The number of rotatable bonds is 4. The standard InChI is InChI=1S/C13H21N3OS/c1-3-9-4-5-11(8(9)2)16-12(17)6-10-7-18-13(14)15-10/h7-9,11H,3-6H2,1-2H3,(H2,14,15)(H,16,17). The molecule has 0 aromatic carbocycles. The lowest BCUT2D eigenvalue weighted by Gasteiger charge is -2.20. The summed E-state index contributed by atoms with van der Waals surface area (Å²) in [5.41, 5.74) is 6.32. The number of aromatic nitrogens is 1. The van der Waals surface area contributed by atoms with Crippen molar-refractivity contribution in [2.45, 2.75) is 45.6 Å². The third-order valence-corrected chi connectivity index (χ3v) is 4.73. The van der Waals surface area contributed by atoms with E-state index >= 15 is 0 Å². The Hall–Kier alpha value is -1.10. The van der Waals surface area contributed by atoms with E-state index in [1.54, 1.807) is 0 Å². The fraction of sp³-hybridized carbons (Fsp3) is 0.692. The van der Waals surface area contributed by atoms with Gasteiger partial charge in [-0.25, -0.2) is 4.98 Å². The second-order valence-corrected chi connectivity index (χ2v) is 6.02. The Morgan fingerprint density at radius 3 is 2.94 bits per heavy atom. The van der Waals surface area contributed by atoms with E-state index in [4.69, 9.17) is 5.73 Å². The molecule has 1 heterocycles. The van der Waals surface area contributed by atoms with Crippen molar-refractivity contribution in [3.63, 3.8) is 0 Å². The average Bonchev–Trinajstić information content (AvgIpc) is 2.87. The van der Waals surface area contributed by atoms with Gasteiger partial charge in [0.15, 0.2) is 5.13 Å². The van der Waals surface area contributed by atoms with Crippen LogP contribution in [0.15, 0.2) is 5.38 Å². The molecular formula is C13H21N3OS. The highest BCUT2D eigenvalue weighted by molar-refractivity contribution is 7.13. The molecule has 1 aliphatic carbocycles. The summed E-state index contributed by atoms with van der Waals surface area (Å²) in [6.45, 7) is 4.47. The molecule has 100 valence electrons. The van der Waals surface area contributed by atoms with Gasteiger partial charge < -0.3 is 11.1 Å². The molecule has 2 rings (SSSR count). The molecule has 0 saturated heterocycles. The maximum absolute atomic E-state index is 11.9. The molecule has 1 aromatic heterocycles. The van der Waals surface area contributed by atoms with Crippen molar-refractivity contribution in [1.82, 2.24) is 10.3 Å². The minimum Gasteiger partial charge on any atom is -0.375 e. The minimum absolute atomic E-state index is 0.0638. The van der Waals surface area contributed by atoms with Crippen molar-refractivity contribution in [2.24, 2.45) is 11.8 Å². The van der Waals surface area contributed by atoms with Gasteiger partial charge in [0.05, 0.1) is 12.1 Å². The van der Waals surface area contributed by atoms with Gasteiger partial charge in [-0.05, 0) is 24.7 Å². The number of amides is 1. The third kappa shape index (κ3) is 3.02. The molecule has 3 atom stereocenters. The maximum Gasteiger partial charge on any atom is 0.226 e. The molecule has 5 heteroatoms. The van der Waals surface area contributed by atoms with Crippen molar-refractivity contribution < 1.29 is 4.79 Å². The molecule has 0 radical (unpaired) electrons. The summed E-state index contributed by atoms with van der Waals surface area (Å²) in [7, 11) is 0. The highest BCUT2D eigenvalue weighted by Gasteiger charge is 2.32. The zero-order chi connectivity index (χ0) is 13.1. The summed E-state index contributed by atoms with van der Waals surface area (Å²) in [5.74, 6) is 1.40. The van der Waals surface area contributed by atoms with E-state index in [1.165, 1.54) is 24.2 Å². The van der Waals surface area contributed by atoms with Crippen LogP contribution < -0.4 is 11.1 Å². The summed E-state index contributed by atoms with van der Waals surface area (Å²) in [6, 6.07) is 0.332. The van der Waals surface area contributed by atoms with Crippen LogP contribution in [0.3, 0.4) is 0 Å². The Morgan fingerprint density at radius 2 is 2.39 bits per heavy atom. The lowest BCUT2D eigenvalue weighted by molar-refractivity contribution is -0.121. The Morgan fingerprint density at radius 1 is 1.61 bits per heavy atom. The van der Waals surface area contributed by atoms with Crippen LogP contribution in [-0.4, -0.2) is 16.9 Å². The van der Waals surface area contributed by atoms with Crippen LogP contribution in [0.4, 0.5) is 5.13 Å². The molecule has 1 fully saturated rings. The predicted molar refractivity (Wildman–Crippen MR) is 74.3 cm³/mol. The lowest BCUT2D eigenvalue weighted by atomic mass is 9.93. The molecule has 0 bridgehead atoms. The first-order valence-electron chi connectivity index (χ1n) is 6.59. The van der Waals surface area contributed by atoms with E-state index in [0.29, 0.717) is 23.5 Å². The van der Waals surface area contributed by atoms with E-state index in [1.807, 2.05) is 5.38 Å². The number of nitrogens with two attached hydrogens (primary N) is 1. The van der Waals surface area contributed by atoms with Crippen LogP contribution in [-0.2, 0) is 11.2 Å². The molecule has 18 heavy (non-hydrogen) atoms. The largest absolute Gasteiger partial charge is 0.375 e. The molecular weight excluding hydrogens is 246 g/mol. The number of anilines is 1. The molecule has 3 N–H and O–H groups in total. The van der Waals surface area contributed by atoms with E-state index in [0.717, 1.165) is 18.0 Å². The number of thiazole rings is 1. The van der Waals surface area contributed by atoms with Gasteiger partial charge in [0.2, 0.25) is 5.91 Å². The Kier molecular flexibility index (Phi) is 4.22. The quantitative estimate of drug-likeness (QED) is 0.879. The van der Waals surface area contributed by atoms with Gasteiger partial charge in [0.1, 0.15) is 0 Å². The third-order valence-electron chi connectivity index (χ3n) is 4.01. The molecule has 1 saturated carbocycles. The van der Waals surface area contributed by atoms with Gasteiger partial charge in [0, 0.05) is 11.4 Å². The number of carbonyl (C=O) groups is 1. The normalized spacial score (nSPS) is 27.3. The van der Waals surface area contributed by atoms with E-state index in [9.17, 15) is 4.79 Å². The number of hydrogen-bond acceptors (Lipinski definition) is 4. The monoisotopic (exact) mass is 267 g/mol. The summed E-state index contributed by atoms with van der Waals surface area (Å²) in [6.07, 6.45) is 3.88. The number of nitrogens with zero attached hydrogens (tertiary/aromatic N) is 1. The summed E-state index contributed by atoms with van der Waals surface area (Å²) >= 11 is 1.38. The van der Waals surface area contributed by atoms with Crippen molar-refractivity contribution in [1.29, 1.82) is 0 Å². The van der Waals surface area contributed by atoms with Crippen LogP contribution in [0.5, 0.6) is 0 Å². The number of carbonyl (C=O) groups excluding carboxylic acids is 1. The van der Waals surface area contributed by atoms with Crippen molar-refractivity contribution >= 4 is 22.4 Å². The van der Waals surface area contributed by atoms with Crippen molar-refractivity contribution in [2.75, 3.05) is 5.73 Å². The van der Waals surface area contributed by atoms with E-state index in [-0.39, 0.29) is 5.91 Å². The van der Waals surface area contributed by atoms with Crippen LogP contribution in [0.1, 0.15) is 38.8 Å². The summed E-state index contributed by atoms with van der Waals surface area (Å²) in [4.78, 5) is 16.0. The topological polar surface area (TPSA) is 68.0 Å². The minimum atomic E-state index is 0.0638. The van der Waals surface area contributed by atoms with E-state index < -0.39 is 0 Å². The van der Waals surface area contributed by atoms with Crippen LogP contribution in [0, 0.1) is 11.8 Å². The smallest absolute Gasteiger partial charge is 0.226 e. The number of hydrogen-bond donors (Lipinski definition) is 2. The highest BCUT2D eigenvalue weighted by atomic mass is 32.1. The Balaban J connectivity index is 1.85. The molecule has 3 unspecified atom stereocenters. The molecule has 0 aliphatic heterocycles. The SMILES string of the molecule is CCC1CCC(NC(=O)Cc2csc(N)n2)C1C. The predicted octanol–water partition coefficient (Wildman–Crippen LogP) is 2.21. The van der Waals surface area contributed by atoms with Crippen LogP contribution >= 0.6 is 11.3 Å². The summed E-state index contributed by atoms with van der Waals surface area (Å²) in [5, 5.41) is 5.51. The van der Waals surface area contributed by atoms with Gasteiger partial charge in [-0.1, -0.05) is 20.3 Å². The molecule has 1 aliphatic rings. The first-order valence-corrected chi connectivity index (χ1v) is 7.47. The lowest BCUT2D eigenvalue weighted by Crippen LogP contribution is -2.38. The summed E-state index contributed by atoms with van der Waals surface area (Å²) < 4.78 is 0. The van der Waals surface area contributed by atoms with Crippen LogP contribution in [0.2, 0.25) is 0 Å². The zero-order valence-corrected chi connectivity index (χ0v) is 11.8. The first-order chi connectivity index (χ1) is 8.60. The average molecular weight is 267 g/mol. The molecule has 4 nitrogen and oxygen atoms in total. The fourth-order valence-electron chi connectivity index (χ4n) is 2.85. The van der Waals surface area contributed by atoms with Gasteiger partial charge >= 0.3 is 0 Å². The fourth-order valence-corrected chi connectivity index (χ4v) is 3.42. The molecule has 1 aromatic rings. The van der Waals surface area contributed by atoms with Crippen molar-refractivity contribution in [3.05, 3.63) is 11.1 Å². The Labute approximate surface area is 112 Å². The highest BCUT2D eigenvalue weighted by Crippen LogP contribution is 2.33. The molecule has 0 spiro atoms.